The van der Waals surface area contributed by atoms with E-state index >= 15 is 0 Å². The number of ketones is 1. The summed E-state index contributed by atoms with van der Waals surface area (Å²) in [5.41, 5.74) is 6.65. The number of quaternary nitrogens is 1. The van der Waals surface area contributed by atoms with Crippen molar-refractivity contribution in [3.05, 3.63) is 22.3 Å². The maximum Gasteiger partial charge on any atom is 0.234 e. The van der Waals surface area contributed by atoms with Gasteiger partial charge in [-0.3, -0.25) is 14.5 Å². The SMILES string of the molecule is CO/N=C(\C(=O)C[C@@H]1C(=O)N2C(C(=O)[O-])=C(C[N+]3(C)CCCC3)CS[C@H]12)c1csc(N)n1. The van der Waals surface area contributed by atoms with Gasteiger partial charge in [-0.25, -0.2) is 4.98 Å². The summed E-state index contributed by atoms with van der Waals surface area (Å²) in [6, 6.07) is 0. The van der Waals surface area contributed by atoms with Gasteiger partial charge in [0.15, 0.2) is 16.6 Å². The molecule has 12 heteroatoms. The van der Waals surface area contributed by atoms with Crippen LogP contribution in [0.15, 0.2) is 21.8 Å². The Kier molecular flexibility index (Phi) is 6.28. The zero-order chi connectivity index (χ0) is 23.0. The zero-order valence-electron chi connectivity index (χ0n) is 17.9. The van der Waals surface area contributed by atoms with Gasteiger partial charge >= 0.3 is 0 Å². The van der Waals surface area contributed by atoms with Crippen molar-refractivity contribution in [3.8, 4) is 0 Å². The van der Waals surface area contributed by atoms with Crippen molar-refractivity contribution in [2.24, 2.45) is 11.1 Å². The van der Waals surface area contributed by atoms with Crippen LogP contribution in [0.5, 0.6) is 0 Å². The Balaban J connectivity index is 1.52. The molecule has 0 radical (unpaired) electrons. The highest BCUT2D eigenvalue weighted by molar-refractivity contribution is 8.00. The van der Waals surface area contributed by atoms with Gasteiger partial charge in [0.25, 0.3) is 0 Å². The average molecular weight is 480 g/mol. The number of carbonyl (C=O) groups excluding carboxylic acids is 3. The van der Waals surface area contributed by atoms with Gasteiger partial charge in [-0.2, -0.15) is 0 Å². The van der Waals surface area contributed by atoms with Crippen LogP contribution in [0.2, 0.25) is 0 Å². The van der Waals surface area contributed by atoms with Crippen molar-refractivity contribution in [2.45, 2.75) is 24.6 Å². The number of likely N-dealkylation sites (tertiary alicyclic amines) is 1. The molecule has 172 valence electrons. The van der Waals surface area contributed by atoms with Gasteiger partial charge in [0, 0.05) is 36.0 Å². The standard InChI is InChI=1S/C20H25N5O5S2/c1-25(5-3-4-6-25)8-11-9-31-18-12(17(27)24(18)16(11)19(28)29)7-14(26)15(23-30-2)13-10-32-20(21)22-13/h10,12,18H,3-9H2,1-2H3,(H2-,21,22,28,29)/b23-15-/t12-,18-/m1/s1. The molecule has 2 atom stereocenters. The number of carbonyl (C=O) groups is 3. The van der Waals surface area contributed by atoms with Crippen LogP contribution >= 0.6 is 23.1 Å². The number of nitrogens with two attached hydrogens (primary N) is 1. The number of likely N-dealkylation sites (N-methyl/N-ethyl adjacent to an activating group) is 1. The predicted molar refractivity (Wildman–Crippen MR) is 118 cm³/mol. The van der Waals surface area contributed by atoms with Crippen LogP contribution in [0.25, 0.3) is 0 Å². The number of hydrogen-bond acceptors (Lipinski definition) is 10. The molecular formula is C20H25N5O5S2. The number of β-lactam (4-membered cyclic amide) rings is 1. The van der Waals surface area contributed by atoms with Crippen LogP contribution in [0.1, 0.15) is 25.0 Å². The molecule has 0 spiro atoms. The fourth-order valence-electron chi connectivity index (χ4n) is 4.67. The number of nitrogens with zero attached hydrogens (tertiary/aromatic N) is 4. The molecule has 3 aliphatic heterocycles. The maximum atomic E-state index is 13.0. The van der Waals surface area contributed by atoms with E-state index in [1.807, 2.05) is 0 Å². The van der Waals surface area contributed by atoms with Crippen molar-refractivity contribution >= 4 is 51.6 Å². The molecule has 2 N–H and O–H groups in total. The first-order valence-electron chi connectivity index (χ1n) is 10.3. The molecule has 10 nitrogen and oxygen atoms in total. The summed E-state index contributed by atoms with van der Waals surface area (Å²) >= 11 is 2.66. The Morgan fingerprint density at radius 3 is 2.72 bits per heavy atom. The number of rotatable bonds is 8. The Morgan fingerprint density at radius 1 is 1.41 bits per heavy atom. The molecule has 32 heavy (non-hydrogen) atoms. The van der Waals surface area contributed by atoms with Crippen LogP contribution in [0.4, 0.5) is 5.13 Å². The lowest BCUT2D eigenvalue weighted by molar-refractivity contribution is -0.893. The summed E-state index contributed by atoms with van der Waals surface area (Å²) < 4.78 is 0.773. The van der Waals surface area contributed by atoms with Gasteiger partial charge in [0.05, 0.1) is 43.1 Å². The highest BCUT2D eigenvalue weighted by Gasteiger charge is 2.53. The fraction of sp³-hybridized carbons (Fsp3) is 0.550. The summed E-state index contributed by atoms with van der Waals surface area (Å²) in [5.74, 6) is -2.27. The summed E-state index contributed by atoms with van der Waals surface area (Å²) in [6.07, 6.45) is 2.11. The van der Waals surface area contributed by atoms with Crippen LogP contribution in [0.3, 0.4) is 0 Å². The van der Waals surface area contributed by atoms with E-state index in [9.17, 15) is 19.5 Å². The van der Waals surface area contributed by atoms with Gasteiger partial charge in [-0.15, -0.1) is 23.1 Å². The molecule has 2 saturated heterocycles. The van der Waals surface area contributed by atoms with Crippen LogP contribution in [-0.4, -0.2) is 82.7 Å². The van der Waals surface area contributed by atoms with E-state index < -0.39 is 23.0 Å². The topological polar surface area (TPSA) is 138 Å². The number of anilines is 1. The number of nitrogen functional groups attached to an aromatic ring is 1. The number of aromatic nitrogens is 1. The van der Waals surface area contributed by atoms with Gasteiger partial charge in [0.1, 0.15) is 19.3 Å². The molecule has 1 amide bonds. The van der Waals surface area contributed by atoms with Crippen molar-refractivity contribution in [1.29, 1.82) is 0 Å². The summed E-state index contributed by atoms with van der Waals surface area (Å²) in [5, 5.41) is 17.2. The minimum absolute atomic E-state index is 0.00433. The van der Waals surface area contributed by atoms with Crippen LogP contribution in [-0.2, 0) is 19.2 Å². The molecule has 0 bridgehead atoms. The van der Waals surface area contributed by atoms with Crippen molar-refractivity contribution in [1.82, 2.24) is 9.88 Å². The number of aliphatic carboxylic acids is 1. The number of thiazole rings is 1. The summed E-state index contributed by atoms with van der Waals surface area (Å²) in [7, 11) is 3.43. The number of amides is 1. The Labute approximate surface area is 193 Å². The Hall–Kier alpha value is -2.44. The average Bonchev–Trinajstić information content (AvgIpc) is 3.37. The molecule has 4 rings (SSSR count). The van der Waals surface area contributed by atoms with E-state index in [1.165, 1.54) is 35.1 Å². The Bertz CT molecular complexity index is 1010. The smallest absolute Gasteiger partial charge is 0.234 e. The molecule has 1 aromatic rings. The molecular weight excluding hydrogens is 454 g/mol. The van der Waals surface area contributed by atoms with Gasteiger partial charge in [0.2, 0.25) is 5.91 Å². The number of fused-ring (bicyclic) bond motifs is 1. The molecule has 0 aliphatic carbocycles. The first-order valence-corrected chi connectivity index (χ1v) is 12.2. The second-order valence-corrected chi connectivity index (χ2v) is 10.5. The quantitative estimate of drug-likeness (QED) is 0.234. The molecule has 0 aromatic carbocycles. The number of carboxylic acids is 1. The third-order valence-corrected chi connectivity index (χ3v) is 8.26. The van der Waals surface area contributed by atoms with E-state index in [2.05, 4.69) is 17.2 Å². The number of thioether (sulfide) groups is 1. The first kappa shape index (κ1) is 22.7. The number of oxime groups is 1. The lowest BCUT2D eigenvalue weighted by atomic mass is 9.89. The van der Waals surface area contributed by atoms with E-state index in [-0.39, 0.29) is 28.9 Å². The highest BCUT2D eigenvalue weighted by Crippen LogP contribution is 2.45. The first-order chi connectivity index (χ1) is 15.2. The third-order valence-electron chi connectivity index (χ3n) is 6.19. The molecule has 1 aromatic heterocycles. The van der Waals surface area contributed by atoms with E-state index in [1.54, 1.807) is 5.38 Å². The number of hydrogen-bond donors (Lipinski definition) is 1. The lowest BCUT2D eigenvalue weighted by Crippen LogP contribution is -2.63. The van der Waals surface area contributed by atoms with Gasteiger partial charge in [-0.1, -0.05) is 5.16 Å². The summed E-state index contributed by atoms with van der Waals surface area (Å²) in [6.45, 7) is 2.57. The number of Topliss-reactive ketones (excluding diaryl/α,β-unsaturated/α-hetero) is 1. The second-order valence-electron chi connectivity index (χ2n) is 8.51. The molecule has 0 unspecified atom stereocenters. The lowest BCUT2D eigenvalue weighted by Gasteiger charge is -2.51. The summed E-state index contributed by atoms with van der Waals surface area (Å²) in [4.78, 5) is 48.0. The maximum absolute atomic E-state index is 13.0. The van der Waals surface area contributed by atoms with Crippen molar-refractivity contribution in [3.63, 3.8) is 0 Å². The predicted octanol–water partition coefficient (Wildman–Crippen LogP) is -0.189. The van der Waals surface area contributed by atoms with E-state index in [0.29, 0.717) is 18.0 Å². The van der Waals surface area contributed by atoms with Gasteiger partial charge in [-0.05, 0) is 0 Å². The largest absolute Gasteiger partial charge is 0.543 e. The van der Waals surface area contributed by atoms with E-state index in [4.69, 9.17) is 10.6 Å². The second kappa shape index (κ2) is 8.83. The molecule has 3 aliphatic rings. The normalized spacial score (nSPS) is 24.9. The van der Waals surface area contributed by atoms with Crippen molar-refractivity contribution < 1.29 is 28.8 Å². The Morgan fingerprint density at radius 2 is 2.12 bits per heavy atom. The highest BCUT2D eigenvalue weighted by atomic mass is 32.2. The molecule has 0 saturated carbocycles. The van der Waals surface area contributed by atoms with Crippen molar-refractivity contribution in [2.75, 3.05) is 45.3 Å². The minimum Gasteiger partial charge on any atom is -0.543 e. The van der Waals surface area contributed by atoms with Gasteiger partial charge < -0.3 is 25.0 Å². The number of carboxylic acid groups (broad SMARTS) is 1. The van der Waals surface area contributed by atoms with Crippen LogP contribution < -0.4 is 10.8 Å². The monoisotopic (exact) mass is 479 g/mol. The fourth-order valence-corrected chi connectivity index (χ4v) is 6.62. The van der Waals surface area contributed by atoms with E-state index in [0.717, 1.165) is 36.0 Å². The molecule has 4 heterocycles. The minimum atomic E-state index is -1.34. The third kappa shape index (κ3) is 4.14. The zero-order valence-corrected chi connectivity index (χ0v) is 19.5. The van der Waals surface area contributed by atoms with Crippen LogP contribution in [0, 0.1) is 5.92 Å². The molecule has 2 fully saturated rings.